The Morgan fingerprint density at radius 2 is 1.00 bits per heavy atom. The van der Waals surface area contributed by atoms with E-state index in [4.69, 9.17) is 2.74 Å². The summed E-state index contributed by atoms with van der Waals surface area (Å²) in [6.07, 6.45) is 0. The van der Waals surface area contributed by atoms with Crippen LogP contribution in [0.3, 0.4) is 0 Å². The fraction of sp³-hybridized carbons (Fsp3) is 0.0164. The first-order valence-electron chi connectivity index (χ1n) is 24.8. The molecule has 12 aromatic rings. The lowest BCUT2D eigenvalue weighted by Gasteiger charge is -2.34. The standard InChI is InChI=1S/C61H40N2/c1-5-18-41(19-6-1)48-28-17-29-52-54-39-43(33-37-59(54)63(60(48)52)46-24-11-4-12-25-46)42-32-36-58-53(38-42)51-27-14-16-31-57(51)62(58)47-34-35-50-49-26-13-15-30-55(49)61(56(50)40-47,44-20-7-2-8-21-44)45-22-9-3-10-23-45/h1-40H/i14D,16D,27D,31D,32D,36D,38D. The van der Waals surface area contributed by atoms with E-state index in [0.717, 1.165) is 72.0 Å². The molecule has 294 valence electrons. The summed E-state index contributed by atoms with van der Waals surface area (Å²) in [5.41, 5.74) is 12.2. The maximum Gasteiger partial charge on any atom is 0.0714 e. The molecule has 0 saturated heterocycles. The topological polar surface area (TPSA) is 9.86 Å². The Kier molecular flexibility index (Phi) is 6.43. The molecule has 0 atom stereocenters. The van der Waals surface area contributed by atoms with Gasteiger partial charge in [0.1, 0.15) is 0 Å². The van der Waals surface area contributed by atoms with Gasteiger partial charge in [-0.2, -0.15) is 0 Å². The lowest BCUT2D eigenvalue weighted by molar-refractivity contribution is 0.767. The zero-order valence-electron chi connectivity index (χ0n) is 40.9. The molecule has 1 aliphatic carbocycles. The van der Waals surface area contributed by atoms with E-state index < -0.39 is 17.5 Å². The number of para-hydroxylation sites is 3. The average molecular weight is 808 g/mol. The van der Waals surface area contributed by atoms with E-state index in [0.29, 0.717) is 11.3 Å². The van der Waals surface area contributed by atoms with Crippen LogP contribution < -0.4 is 0 Å². The Hall–Kier alpha value is -8.20. The van der Waals surface area contributed by atoms with Gasteiger partial charge in [0.25, 0.3) is 0 Å². The third kappa shape index (κ3) is 5.19. The van der Waals surface area contributed by atoms with Gasteiger partial charge in [-0.1, -0.05) is 188 Å². The number of aromatic nitrogens is 2. The highest BCUT2D eigenvalue weighted by Gasteiger charge is 2.46. The first-order chi connectivity index (χ1) is 34.2. The molecule has 0 spiro atoms. The summed E-state index contributed by atoms with van der Waals surface area (Å²) in [4.78, 5) is 0. The lowest BCUT2D eigenvalue weighted by atomic mass is 9.67. The van der Waals surface area contributed by atoms with Crippen molar-refractivity contribution in [3.8, 4) is 44.8 Å². The second-order valence-corrected chi connectivity index (χ2v) is 16.3. The number of hydrogen-bond donors (Lipinski definition) is 0. The summed E-state index contributed by atoms with van der Waals surface area (Å²) in [7, 11) is 0. The molecule has 0 aliphatic heterocycles. The molecule has 2 nitrogen and oxygen atoms in total. The van der Waals surface area contributed by atoms with E-state index in [1.54, 1.807) is 4.57 Å². The van der Waals surface area contributed by atoms with Crippen molar-refractivity contribution < 1.29 is 9.60 Å². The Bertz CT molecular complexity index is 4090. The van der Waals surface area contributed by atoms with Crippen molar-refractivity contribution in [2.45, 2.75) is 5.41 Å². The minimum Gasteiger partial charge on any atom is -0.309 e. The van der Waals surface area contributed by atoms with Crippen molar-refractivity contribution in [3.05, 3.63) is 265 Å². The Labute approximate surface area is 376 Å². The Balaban J connectivity index is 1.10. The normalized spacial score (nSPS) is 14.4. The number of fused-ring (bicyclic) bond motifs is 9. The summed E-state index contributed by atoms with van der Waals surface area (Å²) >= 11 is 0. The number of hydrogen-bond acceptors (Lipinski definition) is 0. The van der Waals surface area contributed by atoms with E-state index in [1.165, 1.54) is 0 Å². The van der Waals surface area contributed by atoms with Crippen molar-refractivity contribution in [2.75, 3.05) is 0 Å². The van der Waals surface area contributed by atoms with Gasteiger partial charge in [-0.25, -0.2) is 0 Å². The van der Waals surface area contributed by atoms with Gasteiger partial charge in [0.15, 0.2) is 0 Å². The molecular formula is C61H40N2. The first-order valence-corrected chi connectivity index (χ1v) is 21.3. The average Bonchev–Trinajstić information content (AvgIpc) is 4.05. The second-order valence-electron chi connectivity index (χ2n) is 16.3. The molecule has 13 rings (SSSR count). The van der Waals surface area contributed by atoms with Gasteiger partial charge in [-0.15, -0.1) is 0 Å². The van der Waals surface area contributed by atoms with Crippen LogP contribution in [0.4, 0.5) is 0 Å². The molecule has 0 bridgehead atoms. The Morgan fingerprint density at radius 3 is 1.78 bits per heavy atom. The van der Waals surface area contributed by atoms with Crippen LogP contribution in [0.2, 0.25) is 0 Å². The summed E-state index contributed by atoms with van der Waals surface area (Å²) in [5, 5.41) is 2.22. The molecule has 63 heavy (non-hydrogen) atoms. The molecule has 10 aromatic carbocycles. The van der Waals surface area contributed by atoms with Crippen LogP contribution in [0.25, 0.3) is 88.4 Å². The minimum atomic E-state index is -0.773. The van der Waals surface area contributed by atoms with Crippen molar-refractivity contribution in [3.63, 3.8) is 0 Å². The fourth-order valence-electron chi connectivity index (χ4n) is 10.4. The van der Waals surface area contributed by atoms with Crippen molar-refractivity contribution in [1.82, 2.24) is 9.13 Å². The highest BCUT2D eigenvalue weighted by Crippen LogP contribution is 2.56. The number of nitrogens with zero attached hydrogens (tertiary/aromatic N) is 2. The van der Waals surface area contributed by atoms with Gasteiger partial charge in [-0.05, 0) is 105 Å². The molecule has 2 heteroatoms. The zero-order valence-corrected chi connectivity index (χ0v) is 33.9. The van der Waals surface area contributed by atoms with Crippen LogP contribution in [0, 0.1) is 0 Å². The number of rotatable bonds is 6. The van der Waals surface area contributed by atoms with E-state index in [-0.39, 0.29) is 57.6 Å². The SMILES string of the molecule is [2H]c1c([2H])c([2H])c2c(c1[2H])c1c([2H])c(-c3ccc4c(c3)c3cccc(-c5ccccc5)c3n4-c3ccccc3)c([2H])c([2H])c1n2-c1ccc2c(c1)C(c1ccccc1)(c1ccccc1)c1ccccc1-2. The molecule has 0 fully saturated rings. The van der Waals surface area contributed by atoms with Gasteiger partial charge in [0, 0.05) is 38.5 Å². The van der Waals surface area contributed by atoms with Crippen LogP contribution in [-0.4, -0.2) is 9.13 Å². The smallest absolute Gasteiger partial charge is 0.0714 e. The lowest BCUT2D eigenvalue weighted by Crippen LogP contribution is -2.28. The fourth-order valence-corrected chi connectivity index (χ4v) is 10.4. The summed E-state index contributed by atoms with van der Waals surface area (Å²) in [5.74, 6) is 0. The van der Waals surface area contributed by atoms with Crippen molar-refractivity contribution in [2.24, 2.45) is 0 Å². The monoisotopic (exact) mass is 807 g/mol. The van der Waals surface area contributed by atoms with Gasteiger partial charge in [-0.3, -0.25) is 0 Å². The largest absolute Gasteiger partial charge is 0.309 e. The van der Waals surface area contributed by atoms with E-state index in [2.05, 4.69) is 102 Å². The van der Waals surface area contributed by atoms with Gasteiger partial charge in [0.2, 0.25) is 0 Å². The summed E-state index contributed by atoms with van der Waals surface area (Å²) < 4.78 is 70.8. The number of benzene rings is 10. The molecular weight excluding hydrogens is 761 g/mol. The summed E-state index contributed by atoms with van der Waals surface area (Å²) in [6, 6.07) is 66.1. The third-order valence-electron chi connectivity index (χ3n) is 13.0. The molecule has 2 heterocycles. The molecule has 0 amide bonds. The van der Waals surface area contributed by atoms with Crippen molar-refractivity contribution in [1.29, 1.82) is 0 Å². The highest BCUT2D eigenvalue weighted by molar-refractivity contribution is 6.15. The van der Waals surface area contributed by atoms with E-state index >= 15 is 0 Å². The zero-order chi connectivity index (χ0) is 47.6. The van der Waals surface area contributed by atoms with Crippen LogP contribution in [0.1, 0.15) is 31.8 Å². The predicted octanol–water partition coefficient (Wildman–Crippen LogP) is 15.6. The minimum absolute atomic E-state index is 0.0858. The van der Waals surface area contributed by atoms with Crippen LogP contribution in [-0.2, 0) is 5.41 Å². The van der Waals surface area contributed by atoms with Crippen LogP contribution >= 0.6 is 0 Å². The van der Waals surface area contributed by atoms with E-state index in [9.17, 15) is 6.85 Å². The maximum absolute atomic E-state index is 10.1. The Morgan fingerprint density at radius 1 is 0.349 bits per heavy atom. The quantitative estimate of drug-likeness (QED) is 0.158. The summed E-state index contributed by atoms with van der Waals surface area (Å²) in [6.45, 7) is 0. The van der Waals surface area contributed by atoms with Gasteiger partial charge >= 0.3 is 0 Å². The maximum atomic E-state index is 10.1. The molecule has 0 unspecified atom stereocenters. The van der Waals surface area contributed by atoms with Crippen LogP contribution in [0.15, 0.2) is 242 Å². The second kappa shape index (κ2) is 13.9. The molecule has 0 N–H and O–H groups in total. The third-order valence-corrected chi connectivity index (χ3v) is 13.0. The van der Waals surface area contributed by atoms with Crippen LogP contribution in [0.5, 0.6) is 0 Å². The van der Waals surface area contributed by atoms with E-state index in [1.807, 2.05) is 103 Å². The highest BCUT2D eigenvalue weighted by atomic mass is 15.0. The van der Waals surface area contributed by atoms with Crippen molar-refractivity contribution >= 4 is 43.6 Å². The van der Waals surface area contributed by atoms with Gasteiger partial charge in [0.05, 0.1) is 37.1 Å². The van der Waals surface area contributed by atoms with Gasteiger partial charge < -0.3 is 9.13 Å². The molecule has 0 saturated carbocycles. The predicted molar refractivity (Wildman–Crippen MR) is 263 cm³/mol. The molecule has 0 radical (unpaired) electrons. The first kappa shape index (κ1) is 29.1. The molecule has 2 aromatic heterocycles. The molecule has 1 aliphatic rings.